The molecule has 1 aliphatic rings. The lowest BCUT2D eigenvalue weighted by atomic mass is 9.85. The fourth-order valence-electron chi connectivity index (χ4n) is 3.41. The first kappa shape index (κ1) is 18.8. The van der Waals surface area contributed by atoms with E-state index in [2.05, 4.69) is 17.6 Å². The van der Waals surface area contributed by atoms with Gasteiger partial charge < -0.3 is 10.6 Å². The number of amides is 1. The topological polar surface area (TPSA) is 41.1 Å². The summed E-state index contributed by atoms with van der Waals surface area (Å²) in [6.45, 7) is 7.94. The van der Waals surface area contributed by atoms with E-state index in [0.29, 0.717) is 17.9 Å². The van der Waals surface area contributed by atoms with Crippen molar-refractivity contribution in [1.29, 1.82) is 0 Å². The van der Waals surface area contributed by atoms with Crippen LogP contribution in [-0.2, 0) is 4.79 Å². The molecule has 2 N–H and O–H groups in total. The lowest BCUT2D eigenvalue weighted by molar-refractivity contribution is -0.123. The van der Waals surface area contributed by atoms with Crippen molar-refractivity contribution in [1.82, 2.24) is 10.6 Å². The van der Waals surface area contributed by atoms with Crippen LogP contribution in [0.3, 0.4) is 0 Å². The van der Waals surface area contributed by atoms with E-state index in [9.17, 15) is 13.6 Å². The molecule has 1 aromatic carbocycles. The average molecular weight is 338 g/mol. The summed E-state index contributed by atoms with van der Waals surface area (Å²) in [5, 5.41) is 6.31. The van der Waals surface area contributed by atoms with E-state index < -0.39 is 17.7 Å². The fraction of sp³-hybridized carbons (Fsp3) is 0.632. The van der Waals surface area contributed by atoms with Crippen molar-refractivity contribution in [2.24, 2.45) is 17.8 Å². The van der Waals surface area contributed by atoms with Gasteiger partial charge in [0.1, 0.15) is 11.6 Å². The van der Waals surface area contributed by atoms with Crippen LogP contribution >= 0.6 is 0 Å². The highest BCUT2D eigenvalue weighted by Gasteiger charge is 2.25. The molecule has 134 valence electrons. The summed E-state index contributed by atoms with van der Waals surface area (Å²) in [6.07, 6.45) is 2.71. The minimum atomic E-state index is -0.612. The lowest BCUT2D eigenvalue weighted by Crippen LogP contribution is -2.37. The maximum atomic E-state index is 14.1. The van der Waals surface area contributed by atoms with Gasteiger partial charge in [-0.05, 0) is 49.8 Å². The third kappa shape index (κ3) is 5.00. The Balaban J connectivity index is 2.00. The Morgan fingerprint density at radius 3 is 2.67 bits per heavy atom. The first-order chi connectivity index (χ1) is 11.4. The average Bonchev–Trinajstić information content (AvgIpc) is 2.54. The quantitative estimate of drug-likeness (QED) is 0.828. The van der Waals surface area contributed by atoms with Crippen molar-refractivity contribution >= 4 is 5.91 Å². The Kier molecular flexibility index (Phi) is 6.72. The molecule has 5 heteroatoms. The first-order valence-electron chi connectivity index (χ1n) is 8.83. The van der Waals surface area contributed by atoms with E-state index in [1.807, 2.05) is 13.8 Å². The van der Waals surface area contributed by atoms with Gasteiger partial charge in [0.05, 0.1) is 6.04 Å². The Labute approximate surface area is 143 Å². The molecule has 1 saturated heterocycles. The summed E-state index contributed by atoms with van der Waals surface area (Å²) >= 11 is 0. The van der Waals surface area contributed by atoms with E-state index in [-0.39, 0.29) is 17.7 Å². The van der Waals surface area contributed by atoms with Crippen LogP contribution in [0.2, 0.25) is 0 Å². The largest absolute Gasteiger partial charge is 0.349 e. The fourth-order valence-corrected chi connectivity index (χ4v) is 3.41. The van der Waals surface area contributed by atoms with Gasteiger partial charge in [0.25, 0.3) is 0 Å². The van der Waals surface area contributed by atoms with Crippen molar-refractivity contribution in [3.63, 3.8) is 0 Å². The van der Waals surface area contributed by atoms with Crippen LogP contribution in [0.25, 0.3) is 0 Å². The Morgan fingerprint density at radius 2 is 2.08 bits per heavy atom. The molecule has 1 heterocycles. The second kappa shape index (κ2) is 8.56. The lowest BCUT2D eigenvalue weighted by Gasteiger charge is -2.29. The van der Waals surface area contributed by atoms with Crippen LogP contribution in [0.5, 0.6) is 0 Å². The molecule has 1 aliphatic heterocycles. The number of rotatable bonds is 6. The van der Waals surface area contributed by atoms with Gasteiger partial charge >= 0.3 is 0 Å². The zero-order valence-corrected chi connectivity index (χ0v) is 14.7. The van der Waals surface area contributed by atoms with Crippen molar-refractivity contribution < 1.29 is 13.6 Å². The molecule has 0 aliphatic carbocycles. The summed E-state index contributed by atoms with van der Waals surface area (Å²) < 4.78 is 27.2. The van der Waals surface area contributed by atoms with Crippen molar-refractivity contribution in [3.05, 3.63) is 35.4 Å². The molecule has 3 unspecified atom stereocenters. The van der Waals surface area contributed by atoms with Crippen molar-refractivity contribution in [2.75, 3.05) is 13.1 Å². The smallest absolute Gasteiger partial charge is 0.220 e. The number of piperidine rings is 1. The van der Waals surface area contributed by atoms with E-state index in [4.69, 9.17) is 0 Å². The molecule has 0 aromatic heterocycles. The third-order valence-electron chi connectivity index (χ3n) is 4.93. The molecule has 1 aromatic rings. The normalized spacial score (nSPS) is 20.7. The highest BCUT2D eigenvalue weighted by Crippen LogP contribution is 2.27. The molecular weight excluding hydrogens is 310 g/mol. The summed E-state index contributed by atoms with van der Waals surface area (Å²) in [4.78, 5) is 12.4. The van der Waals surface area contributed by atoms with Gasteiger partial charge in [-0.15, -0.1) is 0 Å². The van der Waals surface area contributed by atoms with E-state index in [1.54, 1.807) is 0 Å². The monoisotopic (exact) mass is 338 g/mol. The Bertz CT molecular complexity index is 556. The van der Waals surface area contributed by atoms with E-state index >= 15 is 0 Å². The second-order valence-corrected chi connectivity index (χ2v) is 7.24. The summed E-state index contributed by atoms with van der Waals surface area (Å²) in [7, 11) is 0. The maximum Gasteiger partial charge on any atom is 0.220 e. The van der Waals surface area contributed by atoms with Crippen LogP contribution < -0.4 is 10.6 Å². The zero-order chi connectivity index (χ0) is 17.7. The van der Waals surface area contributed by atoms with E-state index in [0.717, 1.165) is 32.0 Å². The minimum Gasteiger partial charge on any atom is -0.349 e. The van der Waals surface area contributed by atoms with Gasteiger partial charge in [-0.25, -0.2) is 8.78 Å². The second-order valence-electron chi connectivity index (χ2n) is 7.24. The van der Waals surface area contributed by atoms with Gasteiger partial charge in [0.15, 0.2) is 0 Å². The number of hydrogen-bond donors (Lipinski definition) is 2. The number of halogens is 2. The molecule has 1 amide bonds. The van der Waals surface area contributed by atoms with Crippen LogP contribution in [-0.4, -0.2) is 19.0 Å². The predicted molar refractivity (Wildman–Crippen MR) is 91.5 cm³/mol. The molecular formula is C19H28F2N2O. The summed E-state index contributed by atoms with van der Waals surface area (Å²) in [6, 6.07) is 3.07. The number of hydrogen-bond acceptors (Lipinski definition) is 2. The number of benzene rings is 1. The highest BCUT2D eigenvalue weighted by molar-refractivity contribution is 5.76. The number of carbonyl (C=O) groups excluding carboxylic acids is 1. The van der Waals surface area contributed by atoms with Crippen molar-refractivity contribution in [3.8, 4) is 0 Å². The standard InChI is InChI=1S/C19H28F2N2O/c1-12(2)19(16-7-6-15(20)10-17(16)21)23-18(24)9-13(3)14-5-4-8-22-11-14/h6-7,10,12-14,19,22H,4-5,8-9,11H2,1-3H3,(H,23,24). The number of nitrogens with one attached hydrogen (secondary N) is 2. The summed E-state index contributed by atoms with van der Waals surface area (Å²) in [5.41, 5.74) is 0.340. The highest BCUT2D eigenvalue weighted by atomic mass is 19.1. The van der Waals surface area contributed by atoms with Crippen LogP contribution in [0, 0.1) is 29.4 Å². The van der Waals surface area contributed by atoms with Crippen LogP contribution in [0.1, 0.15) is 51.6 Å². The molecule has 0 spiro atoms. The van der Waals surface area contributed by atoms with Gasteiger partial charge in [0, 0.05) is 18.1 Å². The third-order valence-corrected chi connectivity index (χ3v) is 4.93. The zero-order valence-electron chi connectivity index (χ0n) is 14.7. The molecule has 3 nitrogen and oxygen atoms in total. The van der Waals surface area contributed by atoms with Crippen LogP contribution in [0.15, 0.2) is 18.2 Å². The van der Waals surface area contributed by atoms with E-state index in [1.165, 1.54) is 12.1 Å². The first-order valence-corrected chi connectivity index (χ1v) is 8.83. The number of carbonyl (C=O) groups is 1. The van der Waals surface area contributed by atoms with Crippen LogP contribution in [0.4, 0.5) is 8.78 Å². The van der Waals surface area contributed by atoms with Gasteiger partial charge in [-0.3, -0.25) is 4.79 Å². The molecule has 24 heavy (non-hydrogen) atoms. The van der Waals surface area contributed by atoms with Crippen molar-refractivity contribution in [2.45, 2.75) is 46.1 Å². The molecule has 0 bridgehead atoms. The summed E-state index contributed by atoms with van der Waals surface area (Å²) in [5.74, 6) is -0.494. The minimum absolute atomic E-state index is 0.0144. The Morgan fingerprint density at radius 1 is 1.33 bits per heavy atom. The predicted octanol–water partition coefficient (Wildman–Crippen LogP) is 3.80. The molecule has 0 radical (unpaired) electrons. The SMILES string of the molecule is CC(C)C(NC(=O)CC(C)C1CCCNC1)c1ccc(F)cc1F. The van der Waals surface area contributed by atoms with Gasteiger partial charge in [-0.1, -0.05) is 26.8 Å². The molecule has 2 rings (SSSR count). The maximum absolute atomic E-state index is 14.1. The van der Waals surface area contributed by atoms with Gasteiger partial charge in [-0.2, -0.15) is 0 Å². The molecule has 3 atom stereocenters. The van der Waals surface area contributed by atoms with Gasteiger partial charge in [0.2, 0.25) is 5.91 Å². The molecule has 1 fully saturated rings. The molecule has 0 saturated carbocycles. The Hall–Kier alpha value is -1.49.